The number of carbonyl (C=O) groups excluding carboxylic acids is 1. The van der Waals surface area contributed by atoms with Gasteiger partial charge >= 0.3 is 0 Å². The van der Waals surface area contributed by atoms with E-state index in [-0.39, 0.29) is 16.4 Å². The molecular weight excluding hydrogens is 629 g/mol. The molecule has 0 fully saturated rings. The van der Waals surface area contributed by atoms with Crippen LogP contribution in [0.2, 0.25) is 10.0 Å². The van der Waals surface area contributed by atoms with E-state index in [2.05, 4.69) is 9.62 Å². The molecule has 0 aliphatic carbocycles. The highest BCUT2D eigenvalue weighted by Crippen LogP contribution is 2.45. The minimum atomic E-state index is -4.05. The molecule has 1 amide bonds. The Morgan fingerprint density at radius 1 is 0.844 bits per heavy atom. The van der Waals surface area contributed by atoms with Crippen LogP contribution in [0.25, 0.3) is 0 Å². The van der Waals surface area contributed by atoms with Gasteiger partial charge in [0.2, 0.25) is 0 Å². The Balaban J connectivity index is 1.52. The van der Waals surface area contributed by atoms with Crippen molar-refractivity contribution in [3.05, 3.63) is 148 Å². The molecular formula is C35H29Cl2N3O4S. The van der Waals surface area contributed by atoms with Crippen molar-refractivity contribution in [3.8, 4) is 5.75 Å². The zero-order chi connectivity index (χ0) is 31.7. The average Bonchev–Trinajstić information content (AvgIpc) is 3.03. The molecule has 1 aliphatic rings. The molecule has 5 aromatic rings. The van der Waals surface area contributed by atoms with Crippen LogP contribution in [0, 0.1) is 6.92 Å². The summed E-state index contributed by atoms with van der Waals surface area (Å²) in [4.78, 5) is 18.3. The molecule has 0 aromatic heterocycles. The molecule has 0 unspecified atom stereocenters. The van der Waals surface area contributed by atoms with E-state index in [0.717, 1.165) is 11.1 Å². The van der Waals surface area contributed by atoms with Crippen molar-refractivity contribution in [1.82, 2.24) is 0 Å². The second-order valence-corrected chi connectivity index (χ2v) is 13.2. The monoisotopic (exact) mass is 657 g/mol. The van der Waals surface area contributed by atoms with Gasteiger partial charge in [0.1, 0.15) is 11.9 Å². The summed E-state index contributed by atoms with van der Waals surface area (Å²) >= 11 is 13.1. The number of nitrogens with one attached hydrogen (secondary N) is 1. The van der Waals surface area contributed by atoms with Crippen LogP contribution in [0.3, 0.4) is 0 Å². The second-order valence-electron chi connectivity index (χ2n) is 10.7. The van der Waals surface area contributed by atoms with Crippen molar-refractivity contribution in [3.63, 3.8) is 0 Å². The fourth-order valence-corrected chi connectivity index (χ4v) is 7.01. The van der Waals surface area contributed by atoms with Crippen LogP contribution in [-0.2, 0) is 16.6 Å². The van der Waals surface area contributed by atoms with E-state index in [1.807, 2.05) is 67.6 Å². The Bertz CT molecular complexity index is 1970. The van der Waals surface area contributed by atoms with Crippen molar-refractivity contribution in [2.75, 3.05) is 21.6 Å². The van der Waals surface area contributed by atoms with Gasteiger partial charge in [-0.1, -0.05) is 77.3 Å². The fraction of sp³-hybridized carbons (Fsp3) is 0.114. The zero-order valence-electron chi connectivity index (χ0n) is 24.4. The molecule has 0 spiro atoms. The molecule has 228 valence electrons. The molecule has 1 atom stereocenters. The number of hydrogen-bond acceptors (Lipinski definition) is 5. The van der Waals surface area contributed by atoms with E-state index in [1.54, 1.807) is 47.4 Å². The molecule has 5 aromatic carbocycles. The summed E-state index contributed by atoms with van der Waals surface area (Å²) in [5, 5.41) is 0.879. The Morgan fingerprint density at radius 2 is 1.56 bits per heavy atom. The van der Waals surface area contributed by atoms with Crippen molar-refractivity contribution >= 4 is 56.2 Å². The molecule has 6 rings (SSSR count). The number of sulfonamides is 1. The third kappa shape index (κ3) is 6.22. The summed E-state index contributed by atoms with van der Waals surface area (Å²) in [7, 11) is -2.51. The van der Waals surface area contributed by atoms with E-state index in [0.29, 0.717) is 45.0 Å². The quantitative estimate of drug-likeness (QED) is 0.181. The minimum Gasteiger partial charge on any atom is -0.497 e. The van der Waals surface area contributed by atoms with Gasteiger partial charge in [-0.3, -0.25) is 14.4 Å². The normalized spacial score (nSPS) is 14.7. The van der Waals surface area contributed by atoms with Crippen LogP contribution in [0.5, 0.6) is 5.75 Å². The zero-order valence-corrected chi connectivity index (χ0v) is 26.8. The van der Waals surface area contributed by atoms with Gasteiger partial charge in [-0.15, -0.1) is 0 Å². The molecule has 0 bridgehead atoms. The summed E-state index contributed by atoms with van der Waals surface area (Å²) < 4.78 is 34.9. The first-order valence-electron chi connectivity index (χ1n) is 14.1. The largest absolute Gasteiger partial charge is 0.497 e. The van der Waals surface area contributed by atoms with Gasteiger partial charge in [0.25, 0.3) is 15.9 Å². The molecule has 0 saturated heterocycles. The molecule has 1 N–H and O–H groups in total. The summed E-state index contributed by atoms with van der Waals surface area (Å²) in [6, 6.07) is 33.9. The van der Waals surface area contributed by atoms with Gasteiger partial charge in [0.15, 0.2) is 0 Å². The highest BCUT2D eigenvalue weighted by molar-refractivity contribution is 7.92. The fourth-order valence-electron chi connectivity index (χ4n) is 5.42. The van der Waals surface area contributed by atoms with Crippen molar-refractivity contribution in [2.24, 2.45) is 0 Å². The van der Waals surface area contributed by atoms with E-state index in [1.165, 1.54) is 19.2 Å². The molecule has 10 heteroatoms. The molecule has 1 aliphatic heterocycles. The summed E-state index contributed by atoms with van der Waals surface area (Å²) in [5.41, 5.74) is 4.52. The topological polar surface area (TPSA) is 78.9 Å². The lowest BCUT2D eigenvalue weighted by molar-refractivity contribution is 0.0968. The molecule has 0 radical (unpaired) electrons. The predicted molar refractivity (Wildman–Crippen MR) is 180 cm³/mol. The predicted octanol–water partition coefficient (Wildman–Crippen LogP) is 8.48. The maximum atomic E-state index is 14.6. The maximum absolute atomic E-state index is 14.6. The number of amides is 1. The first kappa shape index (κ1) is 30.5. The summed E-state index contributed by atoms with van der Waals surface area (Å²) in [6.07, 6.45) is -0.669. The van der Waals surface area contributed by atoms with Gasteiger partial charge in [-0.25, -0.2) is 8.42 Å². The number of benzene rings is 5. The number of anilines is 3. The van der Waals surface area contributed by atoms with Crippen LogP contribution in [0.4, 0.5) is 17.1 Å². The second kappa shape index (κ2) is 12.5. The number of halogens is 2. The molecule has 1 heterocycles. The van der Waals surface area contributed by atoms with Crippen LogP contribution >= 0.6 is 23.2 Å². The highest BCUT2D eigenvalue weighted by atomic mass is 35.5. The number of carbonyl (C=O) groups is 1. The van der Waals surface area contributed by atoms with Crippen LogP contribution in [-0.4, -0.2) is 21.4 Å². The van der Waals surface area contributed by atoms with E-state index < -0.39 is 16.2 Å². The van der Waals surface area contributed by atoms with Gasteiger partial charge in [-0.2, -0.15) is 0 Å². The Labute approximate surface area is 272 Å². The SMILES string of the molecule is COc1ccc(NS(=O)(=O)c2ccc3c(c2)C(=O)N(c2ccc(C)cc2)[C@@H](c2ccc(Cl)cc2Cl)N3Cc2ccccc2)cc1. The van der Waals surface area contributed by atoms with E-state index in [9.17, 15) is 13.2 Å². The standard InChI is InChI=1S/C35H29Cl2N3O4S/c1-23-8-13-27(14-9-23)40-34(30-18-10-25(36)20-32(30)37)39(22-24-6-4-3-5-7-24)33-19-17-29(21-31(33)35(40)41)45(42,43)38-26-11-15-28(44-2)16-12-26/h3-21,34,38H,22H2,1-2H3/t34-/m0/s1. The number of rotatable bonds is 8. The lowest BCUT2D eigenvalue weighted by Crippen LogP contribution is -2.49. The maximum Gasteiger partial charge on any atom is 0.262 e. The molecule has 45 heavy (non-hydrogen) atoms. The lowest BCUT2D eigenvalue weighted by atomic mass is 9.98. The molecule has 7 nitrogen and oxygen atoms in total. The third-order valence-corrected chi connectivity index (χ3v) is 9.61. The van der Waals surface area contributed by atoms with Gasteiger partial charge in [-0.05, 0) is 79.2 Å². The van der Waals surface area contributed by atoms with Gasteiger partial charge in [0.05, 0.1) is 23.3 Å². The van der Waals surface area contributed by atoms with Crippen LogP contribution in [0.15, 0.2) is 120 Å². The first-order chi connectivity index (χ1) is 21.6. The number of methoxy groups -OCH3 is 1. The van der Waals surface area contributed by atoms with Crippen molar-refractivity contribution in [2.45, 2.75) is 24.5 Å². The van der Waals surface area contributed by atoms with Crippen LogP contribution in [0.1, 0.15) is 33.2 Å². The lowest BCUT2D eigenvalue weighted by Gasteiger charge is -2.46. The Hall–Kier alpha value is -4.50. The number of nitrogens with zero attached hydrogens (tertiary/aromatic N) is 2. The summed E-state index contributed by atoms with van der Waals surface area (Å²) in [6.45, 7) is 2.38. The van der Waals surface area contributed by atoms with Crippen molar-refractivity contribution < 1.29 is 17.9 Å². The van der Waals surface area contributed by atoms with Crippen molar-refractivity contribution in [1.29, 1.82) is 0 Å². The van der Waals surface area contributed by atoms with E-state index >= 15 is 0 Å². The Morgan fingerprint density at radius 3 is 2.22 bits per heavy atom. The van der Waals surface area contributed by atoms with Crippen LogP contribution < -0.4 is 19.3 Å². The number of aryl methyl sites for hydroxylation is 1. The molecule has 0 saturated carbocycles. The number of hydrogen-bond donors (Lipinski definition) is 1. The number of ether oxygens (including phenoxy) is 1. The average molecular weight is 659 g/mol. The van der Waals surface area contributed by atoms with Gasteiger partial charge < -0.3 is 9.64 Å². The Kier molecular flexibility index (Phi) is 8.46. The minimum absolute atomic E-state index is 0.0445. The third-order valence-electron chi connectivity index (χ3n) is 7.67. The number of fused-ring (bicyclic) bond motifs is 1. The van der Waals surface area contributed by atoms with E-state index in [4.69, 9.17) is 27.9 Å². The van der Waals surface area contributed by atoms with Gasteiger partial charge in [0, 0.05) is 33.5 Å². The first-order valence-corrected chi connectivity index (χ1v) is 16.4. The smallest absolute Gasteiger partial charge is 0.262 e. The summed E-state index contributed by atoms with van der Waals surface area (Å²) in [5.74, 6) is 0.234. The highest BCUT2D eigenvalue weighted by Gasteiger charge is 2.41.